The summed E-state index contributed by atoms with van der Waals surface area (Å²) in [7, 11) is 1.49. The largest absolute Gasteiger partial charge is 0.497 e. The van der Waals surface area contributed by atoms with Crippen LogP contribution >= 0.6 is 0 Å². The summed E-state index contributed by atoms with van der Waals surface area (Å²) in [5.41, 5.74) is -1.52. The maximum Gasteiger partial charge on any atom is 0.406 e. The Morgan fingerprint density at radius 2 is 1.73 bits per heavy atom. The Labute approximate surface area is 123 Å². The fourth-order valence-corrected chi connectivity index (χ4v) is 1.95. The number of aromatic nitrogens is 2. The maximum absolute atomic E-state index is 12.3. The third-order valence-electron chi connectivity index (χ3n) is 2.97. The van der Waals surface area contributed by atoms with Gasteiger partial charge >= 0.3 is 17.3 Å². The predicted octanol–water partition coefficient (Wildman–Crippen LogP) is 1.63. The van der Waals surface area contributed by atoms with Crippen molar-refractivity contribution < 1.29 is 17.9 Å². The van der Waals surface area contributed by atoms with E-state index in [1.165, 1.54) is 7.11 Å². The number of rotatable bonds is 4. The minimum atomic E-state index is -4.56. The van der Waals surface area contributed by atoms with Crippen molar-refractivity contribution in [2.45, 2.75) is 19.3 Å². The molecule has 0 N–H and O–H groups in total. The molecule has 1 aromatic carbocycles. The predicted molar refractivity (Wildman–Crippen MR) is 73.1 cm³/mol. The van der Waals surface area contributed by atoms with Gasteiger partial charge in [0.2, 0.25) is 0 Å². The standard InChI is InChI=1S/C14H13F3N2O3/c1-22-11-4-2-3-10(7-11)8-18-5-6-19(9-14(15,16)17)13(21)12(18)20/h2-7H,8-9H2,1H3. The number of hydrogen-bond donors (Lipinski definition) is 0. The van der Waals surface area contributed by atoms with Crippen LogP contribution < -0.4 is 15.9 Å². The van der Waals surface area contributed by atoms with Gasteiger partial charge in [-0.3, -0.25) is 9.59 Å². The lowest BCUT2D eigenvalue weighted by molar-refractivity contribution is -0.141. The van der Waals surface area contributed by atoms with Crippen molar-refractivity contribution in [2.24, 2.45) is 0 Å². The van der Waals surface area contributed by atoms with E-state index in [-0.39, 0.29) is 6.54 Å². The molecule has 0 aliphatic heterocycles. The van der Waals surface area contributed by atoms with Gasteiger partial charge in [-0.1, -0.05) is 12.1 Å². The Bertz CT molecular complexity index is 778. The van der Waals surface area contributed by atoms with Crippen molar-refractivity contribution >= 4 is 0 Å². The summed E-state index contributed by atoms with van der Waals surface area (Å²) in [4.78, 5) is 23.6. The van der Waals surface area contributed by atoms with Gasteiger partial charge in [0, 0.05) is 12.4 Å². The molecule has 2 aromatic rings. The quantitative estimate of drug-likeness (QED) is 0.806. The van der Waals surface area contributed by atoms with Crippen molar-refractivity contribution in [1.29, 1.82) is 0 Å². The van der Waals surface area contributed by atoms with Gasteiger partial charge in [0.15, 0.2) is 0 Å². The summed E-state index contributed by atoms with van der Waals surface area (Å²) in [5, 5.41) is 0. The van der Waals surface area contributed by atoms with E-state index in [9.17, 15) is 22.8 Å². The second-order valence-corrected chi connectivity index (χ2v) is 4.63. The maximum atomic E-state index is 12.3. The first kappa shape index (κ1) is 15.9. The van der Waals surface area contributed by atoms with Crippen LogP contribution in [0.25, 0.3) is 0 Å². The molecule has 0 fully saturated rings. The molecule has 0 aliphatic rings. The van der Waals surface area contributed by atoms with Gasteiger partial charge in [0.25, 0.3) is 0 Å². The number of ether oxygens (including phenoxy) is 1. The fourth-order valence-electron chi connectivity index (χ4n) is 1.95. The van der Waals surface area contributed by atoms with Gasteiger partial charge in [0.1, 0.15) is 12.3 Å². The number of halogens is 3. The summed E-state index contributed by atoms with van der Waals surface area (Å²) in [6.07, 6.45) is -2.44. The first-order chi connectivity index (χ1) is 10.3. The third-order valence-corrected chi connectivity index (χ3v) is 2.97. The van der Waals surface area contributed by atoms with Gasteiger partial charge in [0.05, 0.1) is 13.7 Å². The summed E-state index contributed by atoms with van der Waals surface area (Å²) in [6.45, 7) is -1.42. The van der Waals surface area contributed by atoms with Crippen LogP contribution in [-0.2, 0) is 13.1 Å². The molecule has 1 aromatic heterocycles. The molecule has 0 amide bonds. The average molecular weight is 314 g/mol. The van der Waals surface area contributed by atoms with Crippen molar-refractivity contribution in [3.8, 4) is 5.75 Å². The molecule has 0 radical (unpaired) electrons. The van der Waals surface area contributed by atoms with E-state index in [1.807, 2.05) is 0 Å². The second-order valence-electron chi connectivity index (χ2n) is 4.63. The molecule has 0 saturated heterocycles. The van der Waals surface area contributed by atoms with Gasteiger partial charge < -0.3 is 13.9 Å². The molecular weight excluding hydrogens is 301 g/mol. The molecule has 5 nitrogen and oxygen atoms in total. The summed E-state index contributed by atoms with van der Waals surface area (Å²) < 4.78 is 43.4. The van der Waals surface area contributed by atoms with Crippen LogP contribution in [0.2, 0.25) is 0 Å². The van der Waals surface area contributed by atoms with E-state index in [0.717, 1.165) is 17.0 Å². The first-order valence-corrected chi connectivity index (χ1v) is 6.30. The Morgan fingerprint density at radius 1 is 1.09 bits per heavy atom. The zero-order valence-electron chi connectivity index (χ0n) is 11.6. The van der Waals surface area contributed by atoms with Crippen LogP contribution in [0, 0.1) is 0 Å². The highest BCUT2D eigenvalue weighted by Crippen LogP contribution is 2.16. The number of hydrogen-bond acceptors (Lipinski definition) is 3. The average Bonchev–Trinajstić information content (AvgIpc) is 2.46. The SMILES string of the molecule is COc1cccc(Cn2ccn(CC(F)(F)F)c(=O)c2=O)c1. The minimum absolute atomic E-state index is 0.0676. The Hall–Kier alpha value is -2.51. The lowest BCUT2D eigenvalue weighted by atomic mass is 10.2. The molecule has 2 rings (SSSR count). The molecule has 0 bridgehead atoms. The number of benzene rings is 1. The zero-order chi connectivity index (χ0) is 16.3. The molecule has 22 heavy (non-hydrogen) atoms. The van der Waals surface area contributed by atoms with Crippen molar-refractivity contribution in [1.82, 2.24) is 9.13 Å². The number of nitrogens with zero attached hydrogens (tertiary/aromatic N) is 2. The monoisotopic (exact) mass is 314 g/mol. The summed E-state index contributed by atoms with van der Waals surface area (Å²) >= 11 is 0. The van der Waals surface area contributed by atoms with E-state index in [4.69, 9.17) is 4.74 Å². The molecule has 8 heteroatoms. The van der Waals surface area contributed by atoms with Crippen molar-refractivity contribution in [3.63, 3.8) is 0 Å². The van der Waals surface area contributed by atoms with Crippen LogP contribution in [0.1, 0.15) is 5.56 Å². The van der Waals surface area contributed by atoms with Gasteiger partial charge in [-0.05, 0) is 17.7 Å². The van der Waals surface area contributed by atoms with E-state index in [1.54, 1.807) is 24.3 Å². The zero-order valence-corrected chi connectivity index (χ0v) is 11.6. The first-order valence-electron chi connectivity index (χ1n) is 6.30. The summed E-state index contributed by atoms with van der Waals surface area (Å²) in [5.74, 6) is 0.580. The Balaban J connectivity index is 2.32. The van der Waals surface area contributed by atoms with Crippen LogP contribution in [0.5, 0.6) is 5.75 Å². The molecule has 0 aliphatic carbocycles. The lowest BCUT2D eigenvalue weighted by Gasteiger charge is -2.11. The van der Waals surface area contributed by atoms with Crippen LogP contribution in [-0.4, -0.2) is 22.4 Å². The molecule has 0 spiro atoms. The third kappa shape index (κ3) is 3.78. The molecule has 118 valence electrons. The Kier molecular flexibility index (Phi) is 4.39. The molecule has 0 unspecified atom stereocenters. The van der Waals surface area contributed by atoms with Gasteiger partial charge in [-0.15, -0.1) is 0 Å². The van der Waals surface area contributed by atoms with Gasteiger partial charge in [-0.25, -0.2) is 0 Å². The Morgan fingerprint density at radius 3 is 2.36 bits per heavy atom. The number of alkyl halides is 3. The van der Waals surface area contributed by atoms with Crippen molar-refractivity contribution in [2.75, 3.05) is 7.11 Å². The molecule has 0 saturated carbocycles. The number of methoxy groups -OCH3 is 1. The fraction of sp³-hybridized carbons (Fsp3) is 0.286. The van der Waals surface area contributed by atoms with Gasteiger partial charge in [-0.2, -0.15) is 13.2 Å². The summed E-state index contributed by atoms with van der Waals surface area (Å²) in [6, 6.07) is 6.82. The van der Waals surface area contributed by atoms with Crippen LogP contribution in [0.4, 0.5) is 13.2 Å². The molecular formula is C14H13F3N2O3. The van der Waals surface area contributed by atoms with Crippen LogP contribution in [0.3, 0.4) is 0 Å². The highest BCUT2D eigenvalue weighted by atomic mass is 19.4. The minimum Gasteiger partial charge on any atom is -0.497 e. The van der Waals surface area contributed by atoms with E-state index < -0.39 is 23.8 Å². The normalized spacial score (nSPS) is 11.5. The molecule has 1 heterocycles. The van der Waals surface area contributed by atoms with Crippen LogP contribution in [0.15, 0.2) is 46.2 Å². The van der Waals surface area contributed by atoms with E-state index in [2.05, 4.69) is 0 Å². The smallest absolute Gasteiger partial charge is 0.406 e. The van der Waals surface area contributed by atoms with E-state index in [0.29, 0.717) is 15.9 Å². The topological polar surface area (TPSA) is 53.2 Å². The highest BCUT2D eigenvalue weighted by Gasteiger charge is 2.28. The van der Waals surface area contributed by atoms with E-state index >= 15 is 0 Å². The molecule has 0 atom stereocenters. The highest BCUT2D eigenvalue weighted by molar-refractivity contribution is 5.28. The second kappa shape index (κ2) is 6.08. The lowest BCUT2D eigenvalue weighted by Crippen LogP contribution is -2.42. The van der Waals surface area contributed by atoms with Crippen molar-refractivity contribution in [3.05, 3.63) is 62.9 Å².